The molecule has 7 nitrogen and oxygen atoms in total. The van der Waals surface area contributed by atoms with Gasteiger partial charge in [0.2, 0.25) is 0 Å². The fourth-order valence-corrected chi connectivity index (χ4v) is 3.76. The standard InChI is InChI=1S/C22H17N3O4/c1-25-12-13(11-23-25)17-18-19(15-9-5-6-10-16(15)28-22(18)27)29-20(17)21(26)24-14-7-3-2-4-8-14/h2-12,17,20H,1H3,(H,24,26)/t17-,20-/m0/s1. The lowest BCUT2D eigenvalue weighted by Gasteiger charge is -2.17. The molecule has 2 atom stereocenters. The van der Waals surface area contributed by atoms with Crippen LogP contribution in [0.5, 0.6) is 5.75 Å². The molecule has 0 aliphatic carbocycles. The Morgan fingerprint density at radius 2 is 1.86 bits per heavy atom. The van der Waals surface area contributed by atoms with Gasteiger partial charge in [-0.2, -0.15) is 5.10 Å². The van der Waals surface area contributed by atoms with Gasteiger partial charge in [0.05, 0.1) is 23.1 Å². The van der Waals surface area contributed by atoms with Crippen molar-refractivity contribution in [1.82, 2.24) is 9.78 Å². The van der Waals surface area contributed by atoms with Crippen molar-refractivity contribution in [2.24, 2.45) is 7.05 Å². The molecule has 0 bridgehead atoms. The third kappa shape index (κ3) is 2.87. The van der Waals surface area contributed by atoms with Crippen LogP contribution in [0, 0.1) is 0 Å². The van der Waals surface area contributed by atoms with E-state index in [4.69, 9.17) is 9.15 Å². The number of aromatic nitrogens is 2. The third-order valence-electron chi connectivity index (χ3n) is 5.04. The van der Waals surface area contributed by atoms with Crippen LogP contribution >= 0.6 is 0 Å². The van der Waals surface area contributed by atoms with Crippen molar-refractivity contribution in [2.45, 2.75) is 12.0 Å². The van der Waals surface area contributed by atoms with Gasteiger partial charge in [-0.15, -0.1) is 0 Å². The number of aryl methyl sites for hydroxylation is 1. The molecule has 1 aliphatic rings. The zero-order chi connectivity index (χ0) is 20.0. The quantitative estimate of drug-likeness (QED) is 0.546. The van der Waals surface area contributed by atoms with Gasteiger partial charge in [0.25, 0.3) is 5.91 Å². The monoisotopic (exact) mass is 387 g/mol. The molecule has 0 unspecified atom stereocenters. The highest BCUT2D eigenvalue weighted by molar-refractivity contribution is 5.97. The summed E-state index contributed by atoms with van der Waals surface area (Å²) >= 11 is 0. The molecule has 0 saturated heterocycles. The van der Waals surface area contributed by atoms with Gasteiger partial charge in [-0.05, 0) is 24.3 Å². The number of hydrogen-bond donors (Lipinski definition) is 1. The van der Waals surface area contributed by atoms with E-state index < -0.39 is 17.6 Å². The number of carbonyl (C=O) groups excluding carboxylic acids is 1. The largest absolute Gasteiger partial charge is 0.478 e. The summed E-state index contributed by atoms with van der Waals surface area (Å²) in [5.41, 5.74) is 1.61. The summed E-state index contributed by atoms with van der Waals surface area (Å²) in [6, 6.07) is 16.3. The first-order chi connectivity index (χ1) is 14.1. The van der Waals surface area contributed by atoms with E-state index in [0.29, 0.717) is 33.5 Å². The van der Waals surface area contributed by atoms with E-state index in [2.05, 4.69) is 10.4 Å². The Morgan fingerprint density at radius 3 is 2.62 bits per heavy atom. The molecule has 0 radical (unpaired) electrons. The molecule has 0 fully saturated rings. The number of benzene rings is 2. The molecule has 5 rings (SSSR count). The van der Waals surface area contributed by atoms with E-state index in [1.54, 1.807) is 48.4 Å². The molecule has 2 aromatic heterocycles. The van der Waals surface area contributed by atoms with Crippen LogP contribution in [0.25, 0.3) is 11.0 Å². The minimum atomic E-state index is -0.928. The van der Waals surface area contributed by atoms with Gasteiger partial charge in [0, 0.05) is 24.5 Å². The summed E-state index contributed by atoms with van der Waals surface area (Å²) in [4.78, 5) is 26.0. The van der Waals surface area contributed by atoms with Crippen LogP contribution in [-0.4, -0.2) is 21.8 Å². The smallest absolute Gasteiger partial charge is 0.344 e. The number of hydrogen-bond acceptors (Lipinski definition) is 5. The minimum Gasteiger partial charge on any atom is -0.478 e. The molecule has 2 aromatic carbocycles. The fourth-order valence-electron chi connectivity index (χ4n) is 3.76. The molecule has 0 saturated carbocycles. The molecule has 4 aromatic rings. The van der Waals surface area contributed by atoms with Crippen LogP contribution in [0.3, 0.4) is 0 Å². The number of amides is 1. The zero-order valence-electron chi connectivity index (χ0n) is 15.5. The highest BCUT2D eigenvalue weighted by atomic mass is 16.5. The minimum absolute atomic E-state index is 0.338. The molecule has 7 heteroatoms. The molecule has 3 heterocycles. The van der Waals surface area contributed by atoms with Crippen molar-refractivity contribution in [2.75, 3.05) is 5.32 Å². The Labute approximate surface area is 165 Å². The van der Waals surface area contributed by atoms with Crippen molar-refractivity contribution in [1.29, 1.82) is 0 Å². The van der Waals surface area contributed by atoms with Gasteiger partial charge in [0.1, 0.15) is 11.3 Å². The molecular formula is C22H17N3O4. The topological polar surface area (TPSA) is 86.4 Å². The average molecular weight is 387 g/mol. The number of para-hydroxylation sites is 2. The Kier molecular flexibility index (Phi) is 3.94. The second-order valence-electron chi connectivity index (χ2n) is 6.95. The molecule has 1 amide bonds. The second kappa shape index (κ2) is 6.63. The van der Waals surface area contributed by atoms with Gasteiger partial charge in [-0.1, -0.05) is 30.3 Å². The number of ether oxygens (including phenoxy) is 1. The first kappa shape index (κ1) is 17.2. The Bertz CT molecular complexity index is 1280. The van der Waals surface area contributed by atoms with Crippen LogP contribution in [0.1, 0.15) is 17.0 Å². The number of fused-ring (bicyclic) bond motifs is 3. The fraction of sp³-hybridized carbons (Fsp3) is 0.136. The van der Waals surface area contributed by atoms with Gasteiger partial charge in [0.15, 0.2) is 6.10 Å². The van der Waals surface area contributed by atoms with E-state index in [1.165, 1.54) is 0 Å². The highest BCUT2D eigenvalue weighted by Crippen LogP contribution is 2.44. The van der Waals surface area contributed by atoms with Gasteiger partial charge in [-0.25, -0.2) is 4.79 Å². The summed E-state index contributed by atoms with van der Waals surface area (Å²) in [5.74, 6) is -0.577. The Morgan fingerprint density at radius 1 is 1.10 bits per heavy atom. The lowest BCUT2D eigenvalue weighted by molar-refractivity contribution is -0.122. The van der Waals surface area contributed by atoms with Gasteiger partial charge >= 0.3 is 5.63 Å². The van der Waals surface area contributed by atoms with Crippen molar-refractivity contribution in [3.8, 4) is 5.75 Å². The van der Waals surface area contributed by atoms with Crippen LogP contribution in [-0.2, 0) is 11.8 Å². The summed E-state index contributed by atoms with van der Waals surface area (Å²) in [6.45, 7) is 0. The molecule has 144 valence electrons. The summed E-state index contributed by atoms with van der Waals surface area (Å²) in [6.07, 6.45) is 2.49. The molecule has 1 N–H and O–H groups in total. The average Bonchev–Trinajstić information content (AvgIpc) is 3.33. The highest BCUT2D eigenvalue weighted by Gasteiger charge is 2.44. The lowest BCUT2D eigenvalue weighted by atomic mass is 9.90. The van der Waals surface area contributed by atoms with Crippen LogP contribution in [0.4, 0.5) is 5.69 Å². The normalized spacial score (nSPS) is 17.7. The van der Waals surface area contributed by atoms with E-state index in [-0.39, 0.29) is 5.91 Å². The molecule has 29 heavy (non-hydrogen) atoms. The second-order valence-corrected chi connectivity index (χ2v) is 6.95. The number of nitrogens with zero attached hydrogens (tertiary/aromatic N) is 2. The van der Waals surface area contributed by atoms with E-state index in [0.717, 1.165) is 0 Å². The molecule has 0 spiro atoms. The lowest BCUT2D eigenvalue weighted by Crippen LogP contribution is -2.35. The first-order valence-electron chi connectivity index (χ1n) is 9.18. The molecule has 1 aliphatic heterocycles. The van der Waals surface area contributed by atoms with Crippen LogP contribution in [0.15, 0.2) is 76.2 Å². The number of nitrogens with one attached hydrogen (secondary N) is 1. The van der Waals surface area contributed by atoms with E-state index >= 15 is 0 Å². The third-order valence-corrected chi connectivity index (χ3v) is 5.04. The first-order valence-corrected chi connectivity index (χ1v) is 9.18. The Hall–Kier alpha value is -3.87. The van der Waals surface area contributed by atoms with E-state index in [9.17, 15) is 9.59 Å². The van der Waals surface area contributed by atoms with Gasteiger partial charge < -0.3 is 14.5 Å². The maximum absolute atomic E-state index is 13.1. The maximum atomic E-state index is 13.1. The van der Waals surface area contributed by atoms with Crippen molar-refractivity contribution < 1.29 is 13.9 Å². The van der Waals surface area contributed by atoms with Crippen LogP contribution < -0.4 is 15.7 Å². The zero-order valence-corrected chi connectivity index (χ0v) is 15.5. The predicted molar refractivity (Wildman–Crippen MR) is 107 cm³/mol. The Balaban J connectivity index is 1.64. The summed E-state index contributed by atoms with van der Waals surface area (Å²) in [7, 11) is 1.78. The number of rotatable bonds is 3. The maximum Gasteiger partial charge on any atom is 0.344 e. The SMILES string of the molecule is Cn1cc([C@H]2c3c(c4ccccc4oc3=O)O[C@@H]2C(=O)Nc2ccccc2)cn1. The predicted octanol–water partition coefficient (Wildman–Crippen LogP) is 3.06. The van der Waals surface area contributed by atoms with Gasteiger partial charge in [-0.3, -0.25) is 9.48 Å². The number of carbonyl (C=O) groups is 1. The van der Waals surface area contributed by atoms with Crippen LogP contribution in [0.2, 0.25) is 0 Å². The van der Waals surface area contributed by atoms with Crippen molar-refractivity contribution in [3.05, 3.63) is 88.5 Å². The van der Waals surface area contributed by atoms with Crippen molar-refractivity contribution >= 4 is 22.6 Å². The van der Waals surface area contributed by atoms with Crippen molar-refractivity contribution in [3.63, 3.8) is 0 Å². The summed E-state index contributed by atoms with van der Waals surface area (Å²) in [5, 5.41) is 7.73. The summed E-state index contributed by atoms with van der Waals surface area (Å²) < 4.78 is 13.2. The van der Waals surface area contributed by atoms with E-state index in [1.807, 2.05) is 30.3 Å². The number of anilines is 1. The molecular weight excluding hydrogens is 370 g/mol.